The van der Waals surface area contributed by atoms with Gasteiger partial charge in [0.25, 0.3) is 0 Å². The van der Waals surface area contributed by atoms with Crippen LogP contribution in [0, 0.1) is 5.92 Å². The van der Waals surface area contributed by atoms with Gasteiger partial charge < -0.3 is 5.32 Å². The standard InChI is InChI=1S/C17H35N7O/c1-23(2)14-7-6-12(11-20-14)15-21-16(25-22-15)13-5-3-10-24(13)17-18-8-4-9-19-17/h12-22H,3-11H2,1-2H3/p+1/t12?,13-,14?,15?,16?/m1/s1. The zero-order chi connectivity index (χ0) is 17.2. The molecule has 0 aromatic heterocycles. The molecule has 4 aliphatic rings. The van der Waals surface area contributed by atoms with E-state index in [2.05, 4.69) is 50.6 Å². The SMILES string of the molecule is CN(C)C1CCC(C2NOC([C@H]3CCCN3C3NCCCN3)N2)C[NH2+]1. The number of nitrogens with zero attached hydrogens (tertiary/aromatic N) is 2. The Labute approximate surface area is 151 Å². The molecule has 0 aliphatic carbocycles. The molecule has 4 unspecified atom stereocenters. The number of nitrogens with two attached hydrogens (primary N) is 1. The lowest BCUT2D eigenvalue weighted by atomic mass is 9.94. The summed E-state index contributed by atoms with van der Waals surface area (Å²) in [6.07, 6.45) is 7.45. The zero-order valence-electron chi connectivity index (χ0n) is 15.7. The van der Waals surface area contributed by atoms with Gasteiger partial charge in [0.15, 0.2) is 0 Å². The van der Waals surface area contributed by atoms with Crippen molar-refractivity contribution in [2.24, 2.45) is 5.92 Å². The lowest BCUT2D eigenvalue weighted by Gasteiger charge is -2.38. The highest BCUT2D eigenvalue weighted by molar-refractivity contribution is 4.92. The third-order valence-electron chi connectivity index (χ3n) is 6.40. The summed E-state index contributed by atoms with van der Waals surface area (Å²) in [5.74, 6) is 0.627. The summed E-state index contributed by atoms with van der Waals surface area (Å²) < 4.78 is 0. The second kappa shape index (κ2) is 8.14. The molecule has 8 nitrogen and oxygen atoms in total. The van der Waals surface area contributed by atoms with Crippen molar-refractivity contribution < 1.29 is 10.2 Å². The van der Waals surface area contributed by atoms with Gasteiger partial charge in [-0.1, -0.05) is 0 Å². The first-order valence-electron chi connectivity index (χ1n) is 10.1. The van der Waals surface area contributed by atoms with Crippen LogP contribution in [-0.2, 0) is 4.84 Å². The van der Waals surface area contributed by atoms with Gasteiger partial charge in [-0.3, -0.25) is 30.6 Å². The molecule has 0 aromatic rings. The first-order valence-corrected chi connectivity index (χ1v) is 10.1. The monoisotopic (exact) mass is 354 g/mol. The van der Waals surface area contributed by atoms with E-state index in [4.69, 9.17) is 4.84 Å². The van der Waals surface area contributed by atoms with Crippen LogP contribution in [0.3, 0.4) is 0 Å². The summed E-state index contributed by atoms with van der Waals surface area (Å²) in [7, 11) is 4.35. The number of hydroxylamine groups is 1. The fourth-order valence-corrected chi connectivity index (χ4v) is 4.87. The molecule has 6 N–H and O–H groups in total. The predicted octanol–water partition coefficient (Wildman–Crippen LogP) is -2.04. The first-order chi connectivity index (χ1) is 12.2. The summed E-state index contributed by atoms with van der Waals surface area (Å²) in [4.78, 5) is 10.9. The zero-order valence-corrected chi connectivity index (χ0v) is 15.7. The van der Waals surface area contributed by atoms with E-state index in [1.807, 2.05) is 0 Å². The van der Waals surface area contributed by atoms with E-state index in [9.17, 15) is 0 Å². The van der Waals surface area contributed by atoms with E-state index in [1.54, 1.807) is 0 Å². The van der Waals surface area contributed by atoms with Gasteiger partial charge in [0.05, 0.1) is 18.8 Å². The van der Waals surface area contributed by atoms with Crippen molar-refractivity contribution in [3.8, 4) is 0 Å². The number of likely N-dealkylation sites (tertiary alicyclic amines) is 1. The summed E-state index contributed by atoms with van der Waals surface area (Å²) in [6, 6.07) is 0.433. The molecule has 4 heterocycles. The second-order valence-electron chi connectivity index (χ2n) is 8.25. The molecule has 4 fully saturated rings. The molecule has 0 amide bonds. The van der Waals surface area contributed by atoms with Gasteiger partial charge in [-0.25, -0.2) is 0 Å². The molecule has 5 atom stereocenters. The van der Waals surface area contributed by atoms with Crippen LogP contribution in [0.5, 0.6) is 0 Å². The normalized spacial score (nSPS) is 41.6. The molecule has 8 heteroatoms. The average molecular weight is 355 g/mol. The highest BCUT2D eigenvalue weighted by Crippen LogP contribution is 2.26. The van der Waals surface area contributed by atoms with Crippen molar-refractivity contribution in [3.05, 3.63) is 0 Å². The number of nitrogens with one attached hydrogen (secondary N) is 4. The predicted molar refractivity (Wildman–Crippen MR) is 96.1 cm³/mol. The molecule has 144 valence electrons. The summed E-state index contributed by atoms with van der Waals surface area (Å²) >= 11 is 0. The van der Waals surface area contributed by atoms with Crippen LogP contribution in [0.1, 0.15) is 32.1 Å². The van der Waals surface area contributed by atoms with Gasteiger partial charge in [0, 0.05) is 18.9 Å². The van der Waals surface area contributed by atoms with Crippen LogP contribution in [0.25, 0.3) is 0 Å². The minimum Gasteiger partial charge on any atom is -0.331 e. The molecule has 0 saturated carbocycles. The molecule has 4 saturated heterocycles. The number of piperidine rings is 1. The van der Waals surface area contributed by atoms with Gasteiger partial charge in [0.1, 0.15) is 18.7 Å². The summed E-state index contributed by atoms with van der Waals surface area (Å²) in [6.45, 7) is 4.50. The van der Waals surface area contributed by atoms with Crippen LogP contribution in [0.2, 0.25) is 0 Å². The maximum absolute atomic E-state index is 6.02. The Bertz CT molecular complexity index is 423. The molecule has 0 radical (unpaired) electrons. The van der Waals surface area contributed by atoms with E-state index < -0.39 is 0 Å². The van der Waals surface area contributed by atoms with Gasteiger partial charge in [-0.05, 0) is 52.9 Å². The van der Waals surface area contributed by atoms with Crippen LogP contribution in [0.15, 0.2) is 0 Å². The van der Waals surface area contributed by atoms with E-state index in [1.165, 1.54) is 32.1 Å². The maximum Gasteiger partial charge on any atom is 0.146 e. The summed E-state index contributed by atoms with van der Waals surface area (Å²) in [5, 5.41) is 13.4. The smallest absolute Gasteiger partial charge is 0.146 e. The number of hydrogen-bond acceptors (Lipinski definition) is 7. The molecule has 4 aliphatic heterocycles. The van der Waals surface area contributed by atoms with Crippen molar-refractivity contribution >= 4 is 0 Å². The van der Waals surface area contributed by atoms with Crippen LogP contribution in [-0.4, -0.2) is 81.0 Å². The van der Waals surface area contributed by atoms with Crippen LogP contribution >= 0.6 is 0 Å². The minimum absolute atomic E-state index is 0.0876. The van der Waals surface area contributed by atoms with Crippen molar-refractivity contribution in [2.75, 3.05) is 40.3 Å². The van der Waals surface area contributed by atoms with Crippen molar-refractivity contribution in [1.82, 2.24) is 31.2 Å². The summed E-state index contributed by atoms with van der Waals surface area (Å²) in [5.41, 5.74) is 3.31. The topological polar surface area (TPSA) is 80.4 Å². The van der Waals surface area contributed by atoms with Crippen molar-refractivity contribution in [1.29, 1.82) is 0 Å². The largest absolute Gasteiger partial charge is 0.331 e. The lowest BCUT2D eigenvalue weighted by molar-refractivity contribution is -0.721. The Balaban J connectivity index is 1.30. The van der Waals surface area contributed by atoms with Crippen LogP contribution in [0.4, 0.5) is 0 Å². The van der Waals surface area contributed by atoms with E-state index in [0.29, 0.717) is 24.4 Å². The fraction of sp³-hybridized carbons (Fsp3) is 1.00. The Morgan fingerprint density at radius 3 is 2.64 bits per heavy atom. The third-order valence-corrected chi connectivity index (χ3v) is 6.40. The van der Waals surface area contributed by atoms with E-state index in [-0.39, 0.29) is 12.4 Å². The Morgan fingerprint density at radius 1 is 1.08 bits per heavy atom. The second-order valence-corrected chi connectivity index (χ2v) is 8.25. The van der Waals surface area contributed by atoms with Gasteiger partial charge in [-0.15, -0.1) is 0 Å². The molecular weight excluding hydrogens is 318 g/mol. The maximum atomic E-state index is 6.02. The number of hydrogen-bond donors (Lipinski definition) is 5. The quantitative estimate of drug-likeness (QED) is 0.398. The van der Waals surface area contributed by atoms with Gasteiger partial charge >= 0.3 is 0 Å². The molecule has 0 spiro atoms. The molecule has 25 heavy (non-hydrogen) atoms. The Kier molecular flexibility index (Phi) is 5.88. The average Bonchev–Trinajstić information content (AvgIpc) is 3.32. The Morgan fingerprint density at radius 2 is 1.92 bits per heavy atom. The van der Waals surface area contributed by atoms with E-state index in [0.717, 1.165) is 26.2 Å². The molecule has 4 rings (SSSR count). The third kappa shape index (κ3) is 4.01. The van der Waals surface area contributed by atoms with E-state index >= 15 is 0 Å². The van der Waals surface area contributed by atoms with Gasteiger partial charge in [0.2, 0.25) is 0 Å². The number of quaternary nitrogens is 1. The van der Waals surface area contributed by atoms with Crippen molar-refractivity contribution in [2.45, 2.75) is 63.0 Å². The highest BCUT2D eigenvalue weighted by atomic mass is 16.7. The van der Waals surface area contributed by atoms with Crippen LogP contribution < -0.4 is 26.7 Å². The molecule has 0 aromatic carbocycles. The Hall–Kier alpha value is -0.320. The minimum atomic E-state index is 0.0876. The highest BCUT2D eigenvalue weighted by Gasteiger charge is 2.43. The first kappa shape index (κ1) is 18.1. The van der Waals surface area contributed by atoms with Gasteiger partial charge in [-0.2, -0.15) is 5.48 Å². The lowest BCUT2D eigenvalue weighted by Crippen LogP contribution is -2.96. The number of rotatable bonds is 4. The molecule has 0 bridgehead atoms. The molecular formula is C17H36N7O+. The fourth-order valence-electron chi connectivity index (χ4n) is 4.87. The van der Waals surface area contributed by atoms with Crippen molar-refractivity contribution in [3.63, 3.8) is 0 Å².